The quantitative estimate of drug-likeness (QED) is 0.452. The van der Waals surface area contributed by atoms with E-state index in [0.29, 0.717) is 6.61 Å². The Morgan fingerprint density at radius 3 is 2.55 bits per heavy atom. The third-order valence-corrected chi connectivity index (χ3v) is 0.964. The van der Waals surface area contributed by atoms with E-state index in [9.17, 15) is 4.79 Å². The predicted octanol–water partition coefficient (Wildman–Crippen LogP) is -0.0867. The zero-order valence-corrected chi connectivity index (χ0v) is 7.00. The molecule has 0 unspecified atom stereocenters. The molecule has 0 bridgehead atoms. The number of esters is 1. The van der Waals surface area contributed by atoms with E-state index in [0.717, 1.165) is 0 Å². The van der Waals surface area contributed by atoms with Crippen LogP contribution in [0.15, 0.2) is 0 Å². The van der Waals surface area contributed by atoms with E-state index in [1.54, 1.807) is 0 Å². The molecule has 0 aromatic rings. The van der Waals surface area contributed by atoms with Crippen molar-refractivity contribution in [3.63, 3.8) is 0 Å². The summed E-state index contributed by atoms with van der Waals surface area (Å²) in [4.78, 5) is 10.5. The van der Waals surface area contributed by atoms with Crippen molar-refractivity contribution >= 4 is 5.97 Å². The molecule has 0 aliphatic heterocycles. The number of rotatable bonds is 5. The van der Waals surface area contributed by atoms with Crippen molar-refractivity contribution in [2.75, 3.05) is 19.8 Å². The van der Waals surface area contributed by atoms with Crippen molar-refractivity contribution in [1.82, 2.24) is 0 Å². The summed E-state index contributed by atoms with van der Waals surface area (Å²) in [5.41, 5.74) is 5.00. The van der Waals surface area contributed by atoms with Crippen molar-refractivity contribution in [3.8, 4) is 0 Å². The lowest BCUT2D eigenvalue weighted by Crippen LogP contribution is -2.19. The van der Waals surface area contributed by atoms with Crippen molar-refractivity contribution < 1.29 is 14.3 Å². The molecule has 0 rings (SSSR count). The maximum atomic E-state index is 10.5. The van der Waals surface area contributed by atoms with Gasteiger partial charge in [0.25, 0.3) is 0 Å². The smallest absolute Gasteiger partial charge is 0.319 e. The first kappa shape index (κ1) is 10.4. The first-order valence-corrected chi connectivity index (χ1v) is 3.64. The van der Waals surface area contributed by atoms with Gasteiger partial charge in [0.15, 0.2) is 0 Å². The molecule has 2 N–H and O–H groups in total. The molecule has 0 spiro atoms. The summed E-state index contributed by atoms with van der Waals surface area (Å²) in [6.07, 6.45) is 0.173. The van der Waals surface area contributed by atoms with Crippen LogP contribution in [0.25, 0.3) is 0 Å². The summed E-state index contributed by atoms with van der Waals surface area (Å²) in [7, 11) is 0. The largest absolute Gasteiger partial charge is 0.462 e. The Kier molecular flexibility index (Phi) is 5.78. The predicted molar refractivity (Wildman–Crippen MR) is 41.1 cm³/mol. The van der Waals surface area contributed by atoms with Gasteiger partial charge in [-0.2, -0.15) is 0 Å². The van der Waals surface area contributed by atoms with Gasteiger partial charge in [0.2, 0.25) is 0 Å². The van der Waals surface area contributed by atoms with Gasteiger partial charge in [0, 0.05) is 0 Å². The monoisotopic (exact) mass is 161 g/mol. The summed E-state index contributed by atoms with van der Waals surface area (Å²) in [5.74, 6) is -0.391. The van der Waals surface area contributed by atoms with Crippen LogP contribution in [0.4, 0.5) is 0 Å². The number of hydrogen-bond acceptors (Lipinski definition) is 4. The molecule has 11 heavy (non-hydrogen) atoms. The average molecular weight is 161 g/mol. The molecule has 0 heterocycles. The summed E-state index contributed by atoms with van der Waals surface area (Å²) in [6.45, 7) is 4.49. The second kappa shape index (κ2) is 6.12. The topological polar surface area (TPSA) is 61.5 Å². The van der Waals surface area contributed by atoms with Gasteiger partial charge >= 0.3 is 5.97 Å². The van der Waals surface area contributed by atoms with Crippen molar-refractivity contribution in [1.29, 1.82) is 0 Å². The third kappa shape index (κ3) is 7.29. The molecule has 0 saturated carbocycles. The Morgan fingerprint density at radius 1 is 1.45 bits per heavy atom. The second-order valence-electron chi connectivity index (χ2n) is 2.34. The molecule has 0 amide bonds. The van der Waals surface area contributed by atoms with E-state index >= 15 is 0 Å². The number of ether oxygens (including phenoxy) is 2. The van der Waals surface area contributed by atoms with Gasteiger partial charge in [-0.15, -0.1) is 0 Å². The van der Waals surface area contributed by atoms with Gasteiger partial charge in [-0.25, -0.2) is 0 Å². The van der Waals surface area contributed by atoms with Crippen LogP contribution in [-0.4, -0.2) is 31.8 Å². The lowest BCUT2D eigenvalue weighted by atomic mass is 10.5. The maximum Gasteiger partial charge on any atom is 0.319 e. The Hall–Kier alpha value is -0.610. The van der Waals surface area contributed by atoms with E-state index in [1.807, 2.05) is 13.8 Å². The molecule has 4 heteroatoms. The SMILES string of the molecule is CC(C)OCCOC(=O)CN. The van der Waals surface area contributed by atoms with Crippen LogP contribution < -0.4 is 5.73 Å². The first-order valence-electron chi connectivity index (χ1n) is 3.64. The van der Waals surface area contributed by atoms with Crippen LogP contribution in [0.5, 0.6) is 0 Å². The summed E-state index contributed by atoms with van der Waals surface area (Å²) in [5, 5.41) is 0. The zero-order chi connectivity index (χ0) is 8.69. The minimum atomic E-state index is -0.391. The van der Waals surface area contributed by atoms with E-state index in [-0.39, 0.29) is 19.3 Å². The Labute approximate surface area is 66.7 Å². The van der Waals surface area contributed by atoms with Crippen LogP contribution in [0, 0.1) is 0 Å². The lowest BCUT2D eigenvalue weighted by molar-refractivity contribution is -0.143. The molecule has 0 aliphatic rings. The molecule has 66 valence electrons. The van der Waals surface area contributed by atoms with Crippen LogP contribution in [0.2, 0.25) is 0 Å². The number of carbonyl (C=O) groups is 1. The van der Waals surface area contributed by atoms with Crippen molar-refractivity contribution in [2.45, 2.75) is 20.0 Å². The van der Waals surface area contributed by atoms with Gasteiger partial charge in [-0.05, 0) is 13.8 Å². The average Bonchev–Trinajstić information content (AvgIpc) is 1.97. The molecule has 0 aromatic heterocycles. The van der Waals surface area contributed by atoms with Gasteiger partial charge < -0.3 is 15.2 Å². The van der Waals surface area contributed by atoms with Crippen molar-refractivity contribution in [3.05, 3.63) is 0 Å². The normalized spacial score (nSPS) is 10.2. The fourth-order valence-electron chi connectivity index (χ4n) is 0.498. The molecule has 0 saturated heterocycles. The molecular weight excluding hydrogens is 146 g/mol. The Balaban J connectivity index is 3.08. The summed E-state index contributed by atoms with van der Waals surface area (Å²) >= 11 is 0. The standard InChI is InChI=1S/C7H15NO3/c1-6(2)10-3-4-11-7(9)5-8/h6H,3-5,8H2,1-2H3. The molecule has 0 atom stereocenters. The highest BCUT2D eigenvalue weighted by Gasteiger charge is 1.98. The van der Waals surface area contributed by atoms with Gasteiger partial charge in [-0.1, -0.05) is 0 Å². The van der Waals surface area contributed by atoms with Gasteiger partial charge in [0.05, 0.1) is 19.3 Å². The fraction of sp³-hybridized carbons (Fsp3) is 0.857. The second-order valence-corrected chi connectivity index (χ2v) is 2.34. The highest BCUT2D eigenvalue weighted by molar-refractivity contribution is 5.71. The number of nitrogens with two attached hydrogens (primary N) is 1. The minimum Gasteiger partial charge on any atom is -0.462 e. The molecule has 0 radical (unpaired) electrons. The highest BCUT2D eigenvalue weighted by Crippen LogP contribution is 1.86. The van der Waals surface area contributed by atoms with Crippen LogP contribution in [0.3, 0.4) is 0 Å². The van der Waals surface area contributed by atoms with E-state index in [2.05, 4.69) is 4.74 Å². The highest BCUT2D eigenvalue weighted by atomic mass is 16.6. The van der Waals surface area contributed by atoms with Gasteiger partial charge in [0.1, 0.15) is 6.61 Å². The molecule has 0 aromatic carbocycles. The van der Waals surface area contributed by atoms with Crippen LogP contribution in [-0.2, 0) is 14.3 Å². The number of hydrogen-bond donors (Lipinski definition) is 1. The zero-order valence-electron chi connectivity index (χ0n) is 7.00. The van der Waals surface area contributed by atoms with Crippen LogP contribution >= 0.6 is 0 Å². The van der Waals surface area contributed by atoms with Crippen molar-refractivity contribution in [2.24, 2.45) is 5.73 Å². The fourth-order valence-corrected chi connectivity index (χ4v) is 0.498. The first-order chi connectivity index (χ1) is 5.16. The Morgan fingerprint density at radius 2 is 2.09 bits per heavy atom. The maximum absolute atomic E-state index is 10.5. The summed E-state index contributed by atoms with van der Waals surface area (Å²) in [6, 6.07) is 0. The molecule has 4 nitrogen and oxygen atoms in total. The minimum absolute atomic E-state index is 0.0678. The van der Waals surface area contributed by atoms with E-state index < -0.39 is 5.97 Å². The van der Waals surface area contributed by atoms with Gasteiger partial charge in [-0.3, -0.25) is 4.79 Å². The van der Waals surface area contributed by atoms with E-state index in [1.165, 1.54) is 0 Å². The third-order valence-electron chi connectivity index (χ3n) is 0.964. The molecular formula is C7H15NO3. The van der Waals surface area contributed by atoms with Crippen LogP contribution in [0.1, 0.15) is 13.8 Å². The number of carbonyl (C=O) groups excluding carboxylic acids is 1. The Bertz CT molecular complexity index is 114. The molecule has 0 fully saturated rings. The summed E-state index contributed by atoms with van der Waals surface area (Å²) < 4.78 is 9.77. The molecule has 0 aliphatic carbocycles. The van der Waals surface area contributed by atoms with E-state index in [4.69, 9.17) is 10.5 Å². The lowest BCUT2D eigenvalue weighted by Gasteiger charge is -2.06.